The Bertz CT molecular complexity index is 998. The van der Waals surface area contributed by atoms with Gasteiger partial charge in [-0.2, -0.15) is 0 Å². The number of hydrogen-bond acceptors (Lipinski definition) is 10. The van der Waals surface area contributed by atoms with E-state index >= 15 is 0 Å². The Kier molecular flexibility index (Phi) is 14.7. The van der Waals surface area contributed by atoms with Gasteiger partial charge >= 0.3 is 11.9 Å². The molecular formula is C26H32N4O6S2. The largest absolute Gasteiger partial charge is 0.478 e. The van der Waals surface area contributed by atoms with Gasteiger partial charge in [0.25, 0.3) is 0 Å². The molecule has 2 heterocycles. The fourth-order valence-electron chi connectivity index (χ4n) is 2.93. The van der Waals surface area contributed by atoms with Crippen LogP contribution in [0.1, 0.15) is 24.0 Å². The van der Waals surface area contributed by atoms with Gasteiger partial charge in [0.15, 0.2) is 22.8 Å². The lowest BCUT2D eigenvalue weighted by molar-refractivity contribution is -0.134. The first-order chi connectivity index (χ1) is 18.3. The maximum absolute atomic E-state index is 9.55. The van der Waals surface area contributed by atoms with Crippen molar-refractivity contribution in [2.24, 2.45) is 21.5 Å². The van der Waals surface area contributed by atoms with Crippen molar-refractivity contribution in [3.05, 3.63) is 83.9 Å². The van der Waals surface area contributed by atoms with Crippen LogP contribution in [0.4, 0.5) is 0 Å². The Morgan fingerprint density at radius 3 is 1.45 bits per heavy atom. The highest BCUT2D eigenvalue weighted by Gasteiger charge is 2.14. The number of amidine groups is 2. The van der Waals surface area contributed by atoms with E-state index in [2.05, 4.69) is 9.98 Å². The minimum Gasteiger partial charge on any atom is -0.478 e. The Balaban J connectivity index is 0.000000211. The lowest BCUT2D eigenvalue weighted by atomic mass is 10.2. The third-order valence-electron chi connectivity index (χ3n) is 4.71. The molecule has 0 aromatic heterocycles. The van der Waals surface area contributed by atoms with Crippen LogP contribution in [0.15, 0.2) is 82.8 Å². The second-order valence-corrected chi connectivity index (χ2v) is 9.95. The monoisotopic (exact) mass is 560 g/mol. The number of carbonyl (C=O) groups is 2. The molecule has 2 aliphatic rings. The van der Waals surface area contributed by atoms with Gasteiger partial charge in [0.1, 0.15) is 0 Å². The molecule has 0 saturated heterocycles. The van der Waals surface area contributed by atoms with Gasteiger partial charge in [0, 0.05) is 36.5 Å². The molecule has 4 rings (SSSR count). The molecule has 0 saturated carbocycles. The summed E-state index contributed by atoms with van der Waals surface area (Å²) in [6.07, 6.45) is 2.87. The SMILES string of the molecule is NC1=NC(OCc2ccccc2)CCS1.NC1=NC(OCc2ccccc2)CCS1.O=C(O)/C=C/C(=O)O. The maximum atomic E-state index is 9.55. The normalized spacial score (nSPS) is 18.6. The molecule has 2 atom stereocenters. The summed E-state index contributed by atoms with van der Waals surface area (Å²) in [6, 6.07) is 20.2. The maximum Gasteiger partial charge on any atom is 0.328 e. The van der Waals surface area contributed by atoms with E-state index in [0.717, 1.165) is 24.3 Å². The van der Waals surface area contributed by atoms with Crippen molar-refractivity contribution in [3.8, 4) is 0 Å². The predicted molar refractivity (Wildman–Crippen MR) is 152 cm³/mol. The van der Waals surface area contributed by atoms with Gasteiger partial charge in [-0.3, -0.25) is 0 Å². The van der Waals surface area contributed by atoms with Crippen molar-refractivity contribution >= 4 is 45.8 Å². The van der Waals surface area contributed by atoms with Gasteiger partial charge in [-0.15, -0.1) is 0 Å². The highest BCUT2D eigenvalue weighted by atomic mass is 32.2. The number of thioether (sulfide) groups is 2. The zero-order valence-electron chi connectivity index (χ0n) is 20.7. The van der Waals surface area contributed by atoms with Crippen LogP contribution in [-0.2, 0) is 32.3 Å². The van der Waals surface area contributed by atoms with Crippen LogP contribution in [0.5, 0.6) is 0 Å². The first-order valence-corrected chi connectivity index (χ1v) is 13.7. The number of benzene rings is 2. The van der Waals surface area contributed by atoms with E-state index in [4.69, 9.17) is 31.2 Å². The summed E-state index contributed by atoms with van der Waals surface area (Å²) in [4.78, 5) is 27.6. The molecule has 0 aliphatic carbocycles. The minimum absolute atomic E-state index is 0.0635. The number of nitrogens with zero attached hydrogens (tertiary/aromatic N) is 2. The molecule has 0 amide bonds. The third kappa shape index (κ3) is 14.4. The van der Waals surface area contributed by atoms with Crippen LogP contribution in [0.3, 0.4) is 0 Å². The molecule has 204 valence electrons. The molecule has 2 unspecified atom stereocenters. The second-order valence-electron chi connectivity index (χ2n) is 7.72. The van der Waals surface area contributed by atoms with E-state index in [1.54, 1.807) is 23.5 Å². The number of ether oxygens (including phenoxy) is 2. The van der Waals surface area contributed by atoms with Crippen molar-refractivity contribution in [1.82, 2.24) is 0 Å². The molecule has 0 fully saturated rings. The first kappa shape index (κ1) is 30.9. The summed E-state index contributed by atoms with van der Waals surface area (Å²) < 4.78 is 11.3. The van der Waals surface area contributed by atoms with Crippen LogP contribution in [-0.4, -0.2) is 56.4 Å². The lowest BCUT2D eigenvalue weighted by Gasteiger charge is -2.18. The summed E-state index contributed by atoms with van der Waals surface area (Å²) in [7, 11) is 0. The topological polar surface area (TPSA) is 170 Å². The highest BCUT2D eigenvalue weighted by molar-refractivity contribution is 8.14. The Morgan fingerprint density at radius 2 is 1.13 bits per heavy atom. The van der Waals surface area contributed by atoms with Gasteiger partial charge in [0.05, 0.1) is 13.2 Å². The second kappa shape index (κ2) is 18.0. The quantitative estimate of drug-likeness (QED) is 0.349. The number of carboxylic acid groups (broad SMARTS) is 2. The van der Waals surface area contributed by atoms with Gasteiger partial charge in [-0.25, -0.2) is 19.6 Å². The van der Waals surface area contributed by atoms with Crippen LogP contribution in [0.2, 0.25) is 0 Å². The number of aliphatic carboxylic acids is 2. The zero-order valence-corrected chi connectivity index (χ0v) is 22.4. The van der Waals surface area contributed by atoms with E-state index in [9.17, 15) is 9.59 Å². The van der Waals surface area contributed by atoms with E-state index in [1.807, 2.05) is 60.7 Å². The van der Waals surface area contributed by atoms with Gasteiger partial charge in [0.2, 0.25) is 0 Å². The molecular weight excluding hydrogens is 528 g/mol. The van der Waals surface area contributed by atoms with Crippen LogP contribution in [0, 0.1) is 0 Å². The number of carboxylic acids is 2. The zero-order chi connectivity index (χ0) is 27.6. The van der Waals surface area contributed by atoms with Crippen LogP contribution >= 0.6 is 23.5 Å². The third-order valence-corrected chi connectivity index (χ3v) is 6.39. The summed E-state index contributed by atoms with van der Waals surface area (Å²) in [5.41, 5.74) is 13.6. The van der Waals surface area contributed by atoms with Crippen LogP contribution < -0.4 is 11.5 Å². The predicted octanol–water partition coefficient (Wildman–Crippen LogP) is 3.67. The number of aliphatic imine (C=N–C) groups is 2. The smallest absolute Gasteiger partial charge is 0.328 e. The summed E-state index contributed by atoms with van der Waals surface area (Å²) in [5.74, 6) is -0.524. The Morgan fingerprint density at radius 1 is 0.763 bits per heavy atom. The van der Waals surface area contributed by atoms with Crippen LogP contribution in [0.25, 0.3) is 0 Å². The Labute approximate surface area is 230 Å². The number of nitrogens with two attached hydrogens (primary N) is 2. The van der Waals surface area contributed by atoms with Crippen molar-refractivity contribution in [2.45, 2.75) is 38.5 Å². The first-order valence-electron chi connectivity index (χ1n) is 11.7. The van der Waals surface area contributed by atoms with E-state index in [0.29, 0.717) is 35.7 Å². The molecule has 2 aromatic carbocycles. The van der Waals surface area contributed by atoms with Gasteiger partial charge < -0.3 is 31.2 Å². The molecule has 2 aromatic rings. The minimum atomic E-state index is -1.26. The average molecular weight is 561 g/mol. The van der Waals surface area contributed by atoms with Crippen molar-refractivity contribution in [2.75, 3.05) is 11.5 Å². The Hall–Kier alpha value is -3.32. The molecule has 38 heavy (non-hydrogen) atoms. The van der Waals surface area contributed by atoms with Gasteiger partial charge in [-0.1, -0.05) is 84.2 Å². The lowest BCUT2D eigenvalue weighted by Crippen LogP contribution is -2.22. The number of hydrogen-bond donors (Lipinski definition) is 4. The molecule has 2 aliphatic heterocycles. The summed E-state index contributed by atoms with van der Waals surface area (Å²) in [6.45, 7) is 1.21. The van der Waals surface area contributed by atoms with Crippen molar-refractivity contribution < 1.29 is 29.3 Å². The molecule has 0 bridgehead atoms. The van der Waals surface area contributed by atoms with E-state index in [-0.39, 0.29) is 12.5 Å². The summed E-state index contributed by atoms with van der Waals surface area (Å²) >= 11 is 3.18. The molecule has 6 N–H and O–H groups in total. The average Bonchev–Trinajstić information content (AvgIpc) is 2.92. The van der Waals surface area contributed by atoms with E-state index < -0.39 is 11.9 Å². The molecule has 10 nitrogen and oxygen atoms in total. The highest BCUT2D eigenvalue weighted by Crippen LogP contribution is 2.18. The number of rotatable bonds is 8. The molecule has 0 radical (unpaired) electrons. The molecule has 12 heteroatoms. The fourth-order valence-corrected chi connectivity index (χ4v) is 4.37. The standard InChI is InChI=1S/2C11H14N2OS.C4H4O4/c2*12-11-13-10(6-7-15-11)14-8-9-4-2-1-3-5-9;5-3(6)1-2-4(7)8/h2*1-5,10H,6-8H2,(H2,12,13);1-2H,(H,5,6)(H,7,8)/b;;2-1+. The van der Waals surface area contributed by atoms with Gasteiger partial charge in [-0.05, 0) is 11.1 Å². The van der Waals surface area contributed by atoms with Crippen molar-refractivity contribution in [3.63, 3.8) is 0 Å². The molecule has 0 spiro atoms. The fraction of sp³-hybridized carbons (Fsp3) is 0.308. The summed E-state index contributed by atoms with van der Waals surface area (Å²) in [5, 5.41) is 16.9. The van der Waals surface area contributed by atoms with E-state index in [1.165, 1.54) is 11.1 Å². The van der Waals surface area contributed by atoms with Crippen molar-refractivity contribution in [1.29, 1.82) is 0 Å².